The predicted molar refractivity (Wildman–Crippen MR) is 87.7 cm³/mol. The van der Waals surface area contributed by atoms with E-state index in [0.29, 0.717) is 19.0 Å². The molecule has 0 radical (unpaired) electrons. The molecular formula is C17H21N3O4. The van der Waals surface area contributed by atoms with Gasteiger partial charge in [0.15, 0.2) is 5.82 Å². The summed E-state index contributed by atoms with van der Waals surface area (Å²) in [5.74, 6) is -0.342. The van der Waals surface area contributed by atoms with Gasteiger partial charge >= 0.3 is 12.0 Å². The summed E-state index contributed by atoms with van der Waals surface area (Å²) >= 11 is 0. The third kappa shape index (κ3) is 4.65. The quantitative estimate of drug-likeness (QED) is 0.692. The molecule has 0 aliphatic rings. The normalized spacial score (nSPS) is 10.4. The molecule has 1 aromatic carbocycles. The summed E-state index contributed by atoms with van der Waals surface area (Å²) in [7, 11) is 0. The van der Waals surface area contributed by atoms with Gasteiger partial charge in [-0.15, -0.1) is 5.10 Å². The Hall–Kier alpha value is -2.70. The summed E-state index contributed by atoms with van der Waals surface area (Å²) in [6.07, 6.45) is 0.813. The van der Waals surface area contributed by atoms with E-state index in [2.05, 4.69) is 10.1 Å². The highest BCUT2D eigenvalue weighted by Crippen LogP contribution is 2.20. The van der Waals surface area contributed by atoms with Crippen molar-refractivity contribution in [2.75, 3.05) is 13.2 Å². The minimum absolute atomic E-state index is 0.00472. The molecule has 2 aromatic rings. The number of benzene rings is 1. The number of carbonyl (C=O) groups excluding carboxylic acids is 2. The van der Waals surface area contributed by atoms with Gasteiger partial charge in [-0.25, -0.2) is 0 Å². The smallest absolute Gasteiger partial charge is 0.336 e. The standard InChI is InChI=1S/C17H21N3O4/c1-3-12-24-17-18-16(13-8-6-5-7-9-13)20(19-17)14(21)10-11-15(22)23-4-2/h5-9H,3-4,10-12H2,1-2H3. The van der Waals surface area contributed by atoms with Crippen LogP contribution in [-0.2, 0) is 9.53 Å². The zero-order valence-electron chi connectivity index (χ0n) is 13.9. The van der Waals surface area contributed by atoms with E-state index in [1.165, 1.54) is 4.68 Å². The van der Waals surface area contributed by atoms with E-state index in [1.54, 1.807) is 6.92 Å². The average molecular weight is 331 g/mol. The van der Waals surface area contributed by atoms with Crippen molar-refractivity contribution in [2.45, 2.75) is 33.1 Å². The van der Waals surface area contributed by atoms with Crippen LogP contribution in [0.1, 0.15) is 37.9 Å². The van der Waals surface area contributed by atoms with Gasteiger partial charge < -0.3 is 9.47 Å². The molecule has 0 unspecified atom stereocenters. The third-order valence-electron chi connectivity index (χ3n) is 3.14. The van der Waals surface area contributed by atoms with Crippen LogP contribution >= 0.6 is 0 Å². The Kier molecular flexibility index (Phi) is 6.48. The summed E-state index contributed by atoms with van der Waals surface area (Å²) in [6.45, 7) is 4.46. The number of nitrogens with zero attached hydrogens (tertiary/aromatic N) is 3. The fraction of sp³-hybridized carbons (Fsp3) is 0.412. The Morgan fingerprint density at radius 3 is 2.54 bits per heavy atom. The van der Waals surface area contributed by atoms with Crippen LogP contribution in [0.2, 0.25) is 0 Å². The molecule has 0 aliphatic carbocycles. The first-order valence-corrected chi connectivity index (χ1v) is 7.99. The third-order valence-corrected chi connectivity index (χ3v) is 3.14. The van der Waals surface area contributed by atoms with Gasteiger partial charge in [0.05, 0.1) is 19.6 Å². The number of ether oxygens (including phenoxy) is 2. The number of aromatic nitrogens is 3. The van der Waals surface area contributed by atoms with Crippen molar-refractivity contribution in [3.8, 4) is 17.4 Å². The second-order valence-corrected chi connectivity index (χ2v) is 5.04. The minimum atomic E-state index is -0.408. The van der Waals surface area contributed by atoms with Crippen LogP contribution in [0.3, 0.4) is 0 Å². The number of rotatable bonds is 8. The van der Waals surface area contributed by atoms with Gasteiger partial charge in [0, 0.05) is 12.0 Å². The molecule has 0 bridgehead atoms. The van der Waals surface area contributed by atoms with Gasteiger partial charge in [0.25, 0.3) is 0 Å². The van der Waals surface area contributed by atoms with Crippen molar-refractivity contribution < 1.29 is 19.1 Å². The van der Waals surface area contributed by atoms with E-state index in [9.17, 15) is 9.59 Å². The van der Waals surface area contributed by atoms with Crippen molar-refractivity contribution in [3.05, 3.63) is 30.3 Å². The van der Waals surface area contributed by atoms with Gasteiger partial charge in [0.1, 0.15) is 0 Å². The van der Waals surface area contributed by atoms with E-state index in [0.717, 1.165) is 12.0 Å². The molecule has 2 rings (SSSR count). The van der Waals surface area contributed by atoms with E-state index >= 15 is 0 Å². The van der Waals surface area contributed by atoms with Gasteiger partial charge in [-0.2, -0.15) is 9.67 Å². The lowest BCUT2D eigenvalue weighted by atomic mass is 10.2. The summed E-state index contributed by atoms with van der Waals surface area (Å²) in [5, 5.41) is 4.13. The molecule has 0 spiro atoms. The molecule has 0 aliphatic heterocycles. The average Bonchev–Trinajstić information content (AvgIpc) is 3.03. The highest BCUT2D eigenvalue weighted by molar-refractivity contribution is 5.85. The van der Waals surface area contributed by atoms with Crippen LogP contribution in [0.15, 0.2) is 30.3 Å². The number of carbonyl (C=O) groups is 2. The number of hydrogen-bond donors (Lipinski definition) is 0. The molecule has 0 amide bonds. The molecule has 24 heavy (non-hydrogen) atoms. The first kappa shape index (κ1) is 17.7. The van der Waals surface area contributed by atoms with Crippen LogP contribution < -0.4 is 4.74 Å². The van der Waals surface area contributed by atoms with Gasteiger partial charge in [-0.05, 0) is 13.3 Å². The first-order valence-electron chi connectivity index (χ1n) is 7.99. The Morgan fingerprint density at radius 1 is 1.12 bits per heavy atom. The molecule has 1 heterocycles. The molecule has 7 nitrogen and oxygen atoms in total. The molecule has 0 saturated heterocycles. The SMILES string of the molecule is CCCOc1nc(-c2ccccc2)n(C(=O)CCC(=O)OCC)n1. The van der Waals surface area contributed by atoms with Crippen molar-refractivity contribution in [2.24, 2.45) is 0 Å². The fourth-order valence-electron chi connectivity index (χ4n) is 2.04. The highest BCUT2D eigenvalue weighted by Gasteiger charge is 2.19. The van der Waals surface area contributed by atoms with Crippen molar-refractivity contribution in [3.63, 3.8) is 0 Å². The monoisotopic (exact) mass is 331 g/mol. The first-order chi connectivity index (χ1) is 11.7. The molecule has 1 aromatic heterocycles. The summed E-state index contributed by atoms with van der Waals surface area (Å²) in [4.78, 5) is 28.2. The Balaban J connectivity index is 2.21. The van der Waals surface area contributed by atoms with Crippen LogP contribution in [0.5, 0.6) is 6.01 Å². The Bertz CT molecular complexity index is 682. The largest absolute Gasteiger partial charge is 0.466 e. The molecular weight excluding hydrogens is 310 g/mol. The van der Waals surface area contributed by atoms with Gasteiger partial charge in [0.2, 0.25) is 5.91 Å². The van der Waals surface area contributed by atoms with E-state index in [-0.39, 0.29) is 24.8 Å². The maximum absolute atomic E-state index is 12.4. The van der Waals surface area contributed by atoms with E-state index in [1.807, 2.05) is 37.3 Å². The van der Waals surface area contributed by atoms with Crippen molar-refractivity contribution in [1.29, 1.82) is 0 Å². The molecule has 0 N–H and O–H groups in total. The van der Waals surface area contributed by atoms with E-state index in [4.69, 9.17) is 9.47 Å². The van der Waals surface area contributed by atoms with Crippen molar-refractivity contribution >= 4 is 11.9 Å². The number of esters is 1. The lowest BCUT2D eigenvalue weighted by Gasteiger charge is -2.04. The highest BCUT2D eigenvalue weighted by atomic mass is 16.5. The maximum Gasteiger partial charge on any atom is 0.336 e. The topological polar surface area (TPSA) is 83.3 Å². The summed E-state index contributed by atoms with van der Waals surface area (Å²) < 4.78 is 11.5. The number of hydrogen-bond acceptors (Lipinski definition) is 6. The van der Waals surface area contributed by atoms with Crippen molar-refractivity contribution in [1.82, 2.24) is 14.8 Å². The molecule has 0 atom stereocenters. The Morgan fingerprint density at radius 2 is 1.88 bits per heavy atom. The Labute approximate surface area is 140 Å². The van der Waals surface area contributed by atoms with Crippen LogP contribution in [0.25, 0.3) is 11.4 Å². The maximum atomic E-state index is 12.4. The molecule has 0 fully saturated rings. The lowest BCUT2D eigenvalue weighted by molar-refractivity contribution is -0.143. The minimum Gasteiger partial charge on any atom is -0.466 e. The molecule has 7 heteroatoms. The lowest BCUT2D eigenvalue weighted by Crippen LogP contribution is -2.16. The van der Waals surface area contributed by atoms with Crippen LogP contribution in [0, 0.1) is 0 Å². The van der Waals surface area contributed by atoms with Crippen LogP contribution in [-0.4, -0.2) is 39.9 Å². The zero-order chi connectivity index (χ0) is 17.4. The molecule has 0 saturated carbocycles. The summed E-state index contributed by atoms with van der Waals surface area (Å²) in [5.41, 5.74) is 0.751. The fourth-order valence-corrected chi connectivity index (χ4v) is 2.04. The zero-order valence-corrected chi connectivity index (χ0v) is 13.9. The van der Waals surface area contributed by atoms with Crippen LogP contribution in [0.4, 0.5) is 0 Å². The second-order valence-electron chi connectivity index (χ2n) is 5.04. The summed E-state index contributed by atoms with van der Waals surface area (Å²) in [6, 6.07) is 9.40. The van der Waals surface area contributed by atoms with Gasteiger partial charge in [-0.1, -0.05) is 37.3 Å². The predicted octanol–water partition coefficient (Wildman–Crippen LogP) is 2.72. The molecule has 128 valence electrons. The van der Waals surface area contributed by atoms with Gasteiger partial charge in [-0.3, -0.25) is 9.59 Å². The second kappa shape index (κ2) is 8.81. The van der Waals surface area contributed by atoms with E-state index < -0.39 is 5.97 Å².